The first-order valence-corrected chi connectivity index (χ1v) is 7.02. The van der Waals surface area contributed by atoms with Crippen LogP contribution < -0.4 is 5.43 Å². The lowest BCUT2D eigenvalue weighted by Crippen LogP contribution is -2.02. The molecular formula is C17H14OS. The fraction of sp³-hybridized carbons (Fsp3) is 0.118. The summed E-state index contributed by atoms with van der Waals surface area (Å²) in [5, 5.41) is 1.61. The van der Waals surface area contributed by atoms with E-state index in [2.05, 4.69) is 19.6 Å². The Morgan fingerprint density at radius 2 is 1.68 bits per heavy atom. The summed E-state index contributed by atoms with van der Waals surface area (Å²) in [6, 6.07) is 10.0. The van der Waals surface area contributed by atoms with Crippen LogP contribution >= 0.6 is 11.3 Å². The monoisotopic (exact) mass is 266 g/mol. The lowest BCUT2D eigenvalue weighted by molar-refractivity contribution is 1.37. The largest absolute Gasteiger partial charge is 0.289 e. The highest BCUT2D eigenvalue weighted by atomic mass is 32.1. The Hall–Kier alpha value is -1.93. The van der Waals surface area contributed by atoms with Crippen LogP contribution in [-0.2, 0) is 0 Å². The van der Waals surface area contributed by atoms with Crippen molar-refractivity contribution in [2.45, 2.75) is 13.8 Å². The van der Waals surface area contributed by atoms with Crippen molar-refractivity contribution in [1.82, 2.24) is 0 Å². The Bertz CT molecular complexity index is 872. The fourth-order valence-corrected chi connectivity index (χ4v) is 3.39. The summed E-state index contributed by atoms with van der Waals surface area (Å²) in [7, 11) is 0. The van der Waals surface area contributed by atoms with Crippen molar-refractivity contribution in [2.24, 2.45) is 0 Å². The highest BCUT2D eigenvalue weighted by Gasteiger charge is 2.07. The van der Waals surface area contributed by atoms with E-state index in [1.807, 2.05) is 31.2 Å². The van der Waals surface area contributed by atoms with E-state index in [0.717, 1.165) is 31.3 Å². The Balaban J connectivity index is 2.52. The number of hydrogen-bond acceptors (Lipinski definition) is 2. The number of rotatable bonds is 1. The first kappa shape index (κ1) is 12.1. The second-order valence-corrected chi connectivity index (χ2v) is 5.91. The quantitative estimate of drug-likeness (QED) is 0.585. The standard InChI is InChI=1S/C17H14OS/c1-4-12-5-6-15-14(9-12)17(18)13-7-10(2)11(3)8-16(13)19-15/h4-9H,1H2,2-3H3. The molecule has 0 atom stereocenters. The van der Waals surface area contributed by atoms with Crippen LogP contribution in [0.1, 0.15) is 16.7 Å². The maximum Gasteiger partial charge on any atom is 0.195 e. The maximum absolute atomic E-state index is 12.6. The van der Waals surface area contributed by atoms with Gasteiger partial charge in [0, 0.05) is 20.2 Å². The van der Waals surface area contributed by atoms with Crippen LogP contribution in [0.25, 0.3) is 26.2 Å². The minimum atomic E-state index is 0.121. The summed E-state index contributed by atoms with van der Waals surface area (Å²) < 4.78 is 2.10. The van der Waals surface area contributed by atoms with Crippen molar-refractivity contribution >= 4 is 37.6 Å². The molecule has 0 fully saturated rings. The Kier molecular flexibility index (Phi) is 2.76. The van der Waals surface area contributed by atoms with E-state index in [1.54, 1.807) is 17.4 Å². The molecule has 1 heterocycles. The summed E-state index contributed by atoms with van der Waals surface area (Å²) in [6.07, 6.45) is 1.77. The van der Waals surface area contributed by atoms with Gasteiger partial charge in [0.15, 0.2) is 5.43 Å². The molecule has 0 aliphatic heterocycles. The topological polar surface area (TPSA) is 17.1 Å². The highest BCUT2D eigenvalue weighted by molar-refractivity contribution is 7.24. The molecule has 1 nitrogen and oxygen atoms in total. The molecule has 0 amide bonds. The van der Waals surface area contributed by atoms with Gasteiger partial charge in [0.2, 0.25) is 0 Å². The van der Waals surface area contributed by atoms with E-state index >= 15 is 0 Å². The minimum absolute atomic E-state index is 0.121. The molecule has 1 aromatic heterocycles. The molecule has 0 spiro atoms. The van der Waals surface area contributed by atoms with Crippen LogP contribution in [0.2, 0.25) is 0 Å². The molecule has 0 saturated heterocycles. The van der Waals surface area contributed by atoms with E-state index in [9.17, 15) is 4.79 Å². The van der Waals surface area contributed by atoms with Crippen LogP contribution in [-0.4, -0.2) is 0 Å². The maximum atomic E-state index is 12.6. The van der Waals surface area contributed by atoms with Gasteiger partial charge < -0.3 is 0 Å². The molecule has 0 aliphatic carbocycles. The predicted octanol–water partition coefficient (Wildman–Crippen LogP) is 4.67. The SMILES string of the molecule is C=Cc1ccc2sc3cc(C)c(C)cc3c(=O)c2c1. The molecule has 0 radical (unpaired) electrons. The molecule has 3 rings (SSSR count). The van der Waals surface area contributed by atoms with Crippen molar-refractivity contribution in [1.29, 1.82) is 0 Å². The van der Waals surface area contributed by atoms with Gasteiger partial charge in [0.1, 0.15) is 0 Å². The van der Waals surface area contributed by atoms with Gasteiger partial charge in [-0.1, -0.05) is 18.7 Å². The van der Waals surface area contributed by atoms with Gasteiger partial charge in [0.05, 0.1) is 0 Å². The van der Waals surface area contributed by atoms with Gasteiger partial charge >= 0.3 is 0 Å². The zero-order chi connectivity index (χ0) is 13.6. The molecule has 0 aliphatic rings. The third-order valence-corrected chi connectivity index (χ3v) is 4.68. The predicted molar refractivity (Wildman–Crippen MR) is 85.2 cm³/mol. The molecule has 19 heavy (non-hydrogen) atoms. The van der Waals surface area contributed by atoms with Gasteiger partial charge in [-0.3, -0.25) is 4.79 Å². The van der Waals surface area contributed by atoms with Gasteiger partial charge in [-0.05, 0) is 54.8 Å². The molecular weight excluding hydrogens is 252 g/mol. The van der Waals surface area contributed by atoms with Crippen LogP contribution in [0.5, 0.6) is 0 Å². The van der Waals surface area contributed by atoms with Crippen molar-refractivity contribution in [3.05, 3.63) is 63.8 Å². The first-order valence-electron chi connectivity index (χ1n) is 6.20. The van der Waals surface area contributed by atoms with Gasteiger partial charge in [-0.2, -0.15) is 0 Å². The fourth-order valence-electron chi connectivity index (χ4n) is 2.26. The smallest absolute Gasteiger partial charge is 0.195 e. The molecule has 0 saturated carbocycles. The van der Waals surface area contributed by atoms with Crippen molar-refractivity contribution < 1.29 is 0 Å². The lowest BCUT2D eigenvalue weighted by Gasteiger charge is -2.05. The van der Waals surface area contributed by atoms with Gasteiger partial charge in [-0.25, -0.2) is 0 Å². The molecule has 3 aromatic rings. The third kappa shape index (κ3) is 1.89. The molecule has 94 valence electrons. The summed E-state index contributed by atoms with van der Waals surface area (Å²) >= 11 is 1.67. The normalized spacial score (nSPS) is 11.1. The zero-order valence-electron chi connectivity index (χ0n) is 11.0. The van der Waals surface area contributed by atoms with E-state index in [-0.39, 0.29) is 5.43 Å². The second kappa shape index (κ2) is 4.32. The number of hydrogen-bond donors (Lipinski definition) is 0. The average molecular weight is 266 g/mol. The van der Waals surface area contributed by atoms with Gasteiger partial charge in [-0.15, -0.1) is 11.3 Å². The summed E-state index contributed by atoms with van der Waals surface area (Å²) in [5.41, 5.74) is 3.50. The van der Waals surface area contributed by atoms with E-state index < -0.39 is 0 Å². The summed E-state index contributed by atoms with van der Waals surface area (Å²) in [4.78, 5) is 12.6. The molecule has 2 heteroatoms. The highest BCUT2D eigenvalue weighted by Crippen LogP contribution is 2.27. The van der Waals surface area contributed by atoms with Crippen LogP contribution in [0.15, 0.2) is 41.7 Å². The van der Waals surface area contributed by atoms with Crippen molar-refractivity contribution in [3.63, 3.8) is 0 Å². The average Bonchev–Trinajstić information content (AvgIpc) is 2.41. The Morgan fingerprint density at radius 1 is 1.00 bits per heavy atom. The number of benzene rings is 2. The van der Waals surface area contributed by atoms with Crippen LogP contribution in [0, 0.1) is 13.8 Å². The third-order valence-electron chi connectivity index (χ3n) is 3.54. The molecule has 0 bridgehead atoms. The van der Waals surface area contributed by atoms with Crippen molar-refractivity contribution in [2.75, 3.05) is 0 Å². The first-order chi connectivity index (χ1) is 9.10. The van der Waals surface area contributed by atoms with E-state index in [4.69, 9.17) is 0 Å². The zero-order valence-corrected chi connectivity index (χ0v) is 11.8. The van der Waals surface area contributed by atoms with Gasteiger partial charge in [0.25, 0.3) is 0 Å². The van der Waals surface area contributed by atoms with Crippen molar-refractivity contribution in [3.8, 4) is 0 Å². The second-order valence-electron chi connectivity index (χ2n) is 4.82. The molecule has 0 unspecified atom stereocenters. The molecule has 0 N–H and O–H groups in total. The lowest BCUT2D eigenvalue weighted by atomic mass is 10.1. The van der Waals surface area contributed by atoms with E-state index in [1.165, 1.54) is 5.56 Å². The molecule has 2 aromatic carbocycles. The Morgan fingerprint density at radius 3 is 2.42 bits per heavy atom. The summed E-state index contributed by atoms with van der Waals surface area (Å²) in [6.45, 7) is 7.88. The number of fused-ring (bicyclic) bond motifs is 2. The minimum Gasteiger partial charge on any atom is -0.289 e. The van der Waals surface area contributed by atoms with Crippen LogP contribution in [0.3, 0.4) is 0 Å². The van der Waals surface area contributed by atoms with Crippen LogP contribution in [0.4, 0.5) is 0 Å². The number of aryl methyl sites for hydroxylation is 2. The summed E-state index contributed by atoms with van der Waals surface area (Å²) in [5.74, 6) is 0. The Labute approximate surface area is 115 Å². The van der Waals surface area contributed by atoms with E-state index in [0.29, 0.717) is 0 Å².